The van der Waals surface area contributed by atoms with Gasteiger partial charge in [-0.15, -0.1) is 11.3 Å². The van der Waals surface area contributed by atoms with Gasteiger partial charge in [0, 0.05) is 23.3 Å². The van der Waals surface area contributed by atoms with Gasteiger partial charge < -0.3 is 10.1 Å². The average molecular weight is 234 g/mol. The maximum absolute atomic E-state index is 11.1. The molecule has 2 aromatic heterocycles. The molecule has 0 aromatic carbocycles. The van der Waals surface area contributed by atoms with Gasteiger partial charge in [-0.1, -0.05) is 0 Å². The highest BCUT2D eigenvalue weighted by molar-refractivity contribution is 7.13. The van der Waals surface area contributed by atoms with Gasteiger partial charge in [-0.25, -0.2) is 4.98 Å². The van der Waals surface area contributed by atoms with Gasteiger partial charge in [-0.3, -0.25) is 4.79 Å². The van der Waals surface area contributed by atoms with E-state index in [0.29, 0.717) is 18.5 Å². The van der Waals surface area contributed by atoms with E-state index in [1.807, 2.05) is 23.8 Å². The summed E-state index contributed by atoms with van der Waals surface area (Å²) < 4.78 is 0. The molecular formula is C11H10N2O2S. The van der Waals surface area contributed by atoms with Gasteiger partial charge >= 0.3 is 5.97 Å². The van der Waals surface area contributed by atoms with Crippen molar-refractivity contribution in [3.8, 4) is 10.6 Å². The molecule has 5 heteroatoms. The van der Waals surface area contributed by atoms with Gasteiger partial charge in [-0.2, -0.15) is 0 Å². The third-order valence-corrected chi connectivity index (χ3v) is 3.89. The lowest BCUT2D eigenvalue weighted by molar-refractivity contribution is -0.140. The van der Waals surface area contributed by atoms with Gasteiger partial charge in [0.05, 0.1) is 5.69 Å². The maximum atomic E-state index is 11.1. The van der Waals surface area contributed by atoms with Crippen molar-refractivity contribution >= 4 is 17.3 Å². The Kier molecular flexibility index (Phi) is 1.91. The monoisotopic (exact) mass is 234 g/mol. The second-order valence-corrected chi connectivity index (χ2v) is 4.88. The molecule has 0 radical (unpaired) electrons. The highest BCUT2D eigenvalue weighted by Crippen LogP contribution is 2.49. The van der Waals surface area contributed by atoms with Crippen molar-refractivity contribution in [3.63, 3.8) is 0 Å². The molecule has 0 unspecified atom stereocenters. The first kappa shape index (κ1) is 9.59. The van der Waals surface area contributed by atoms with Crippen LogP contribution in [-0.4, -0.2) is 21.0 Å². The largest absolute Gasteiger partial charge is 0.481 e. The fourth-order valence-electron chi connectivity index (χ4n) is 1.79. The lowest BCUT2D eigenvalue weighted by atomic mass is 10.0. The molecule has 82 valence electrons. The number of aliphatic carboxylic acids is 1. The summed E-state index contributed by atoms with van der Waals surface area (Å²) in [4.78, 5) is 18.5. The molecule has 0 bridgehead atoms. The third kappa shape index (κ3) is 1.28. The van der Waals surface area contributed by atoms with Crippen LogP contribution in [0.15, 0.2) is 23.8 Å². The number of aromatic nitrogens is 2. The molecule has 0 spiro atoms. The summed E-state index contributed by atoms with van der Waals surface area (Å²) in [5, 5.41) is 11.9. The molecule has 1 fully saturated rings. The zero-order chi connectivity index (χ0) is 11.2. The average Bonchev–Trinajstić information content (AvgIpc) is 2.75. The first-order valence-electron chi connectivity index (χ1n) is 5.05. The zero-order valence-corrected chi connectivity index (χ0v) is 9.25. The Labute approximate surface area is 96.0 Å². The molecule has 2 N–H and O–H groups in total. The Balaban J connectivity index is 1.98. The number of hydrogen-bond acceptors (Lipinski definition) is 3. The van der Waals surface area contributed by atoms with E-state index in [-0.39, 0.29) is 0 Å². The number of aromatic amines is 1. The fraction of sp³-hybridized carbons (Fsp3) is 0.273. The summed E-state index contributed by atoms with van der Waals surface area (Å²) in [6.07, 6.45) is 5.11. The highest BCUT2D eigenvalue weighted by atomic mass is 32.1. The number of nitrogens with zero attached hydrogens (tertiary/aromatic N) is 1. The summed E-state index contributed by atoms with van der Waals surface area (Å²) in [6, 6.07) is 1.93. The lowest BCUT2D eigenvalue weighted by Crippen LogP contribution is -2.19. The molecule has 1 aliphatic carbocycles. The Bertz CT molecular complexity index is 526. The molecule has 0 saturated heterocycles. The van der Waals surface area contributed by atoms with E-state index >= 15 is 0 Å². The second-order valence-electron chi connectivity index (χ2n) is 4.02. The first-order chi connectivity index (χ1) is 7.72. The molecule has 0 amide bonds. The van der Waals surface area contributed by atoms with Crippen molar-refractivity contribution in [1.82, 2.24) is 9.97 Å². The SMILES string of the molecule is O=C(O)C1(c2csc(-c3cc[nH]c3)n2)CC1. The van der Waals surface area contributed by atoms with E-state index in [4.69, 9.17) is 5.11 Å². The Hall–Kier alpha value is -1.62. The topological polar surface area (TPSA) is 66.0 Å². The molecular weight excluding hydrogens is 224 g/mol. The molecule has 2 aromatic rings. The van der Waals surface area contributed by atoms with E-state index < -0.39 is 11.4 Å². The van der Waals surface area contributed by atoms with Gasteiger partial charge in [0.25, 0.3) is 0 Å². The van der Waals surface area contributed by atoms with Crippen molar-refractivity contribution < 1.29 is 9.90 Å². The molecule has 3 rings (SSSR count). The summed E-state index contributed by atoms with van der Waals surface area (Å²) in [6.45, 7) is 0. The van der Waals surface area contributed by atoms with Crippen LogP contribution in [0.5, 0.6) is 0 Å². The van der Waals surface area contributed by atoms with Crippen molar-refractivity contribution in [3.05, 3.63) is 29.5 Å². The summed E-state index contributed by atoms with van der Waals surface area (Å²) >= 11 is 1.50. The van der Waals surface area contributed by atoms with Crippen molar-refractivity contribution in [1.29, 1.82) is 0 Å². The van der Waals surface area contributed by atoms with Crippen LogP contribution in [0.3, 0.4) is 0 Å². The smallest absolute Gasteiger partial charge is 0.315 e. The molecule has 1 aliphatic rings. The summed E-state index contributed by atoms with van der Waals surface area (Å²) in [5.74, 6) is -0.751. The van der Waals surface area contributed by atoms with E-state index in [9.17, 15) is 4.79 Å². The number of nitrogens with one attached hydrogen (secondary N) is 1. The first-order valence-corrected chi connectivity index (χ1v) is 5.93. The van der Waals surface area contributed by atoms with Gasteiger partial charge in [0.2, 0.25) is 0 Å². The van der Waals surface area contributed by atoms with Crippen LogP contribution in [0.2, 0.25) is 0 Å². The predicted octanol–water partition coefficient (Wildman–Crippen LogP) is 2.25. The second kappa shape index (κ2) is 3.18. The molecule has 0 atom stereocenters. The van der Waals surface area contributed by atoms with Crippen molar-refractivity contribution in [2.45, 2.75) is 18.3 Å². The molecule has 1 saturated carbocycles. The van der Waals surface area contributed by atoms with E-state index in [1.54, 1.807) is 0 Å². The Morgan fingerprint density at radius 3 is 2.94 bits per heavy atom. The fourth-order valence-corrected chi connectivity index (χ4v) is 2.70. The summed E-state index contributed by atoms with van der Waals surface area (Å²) in [5.41, 5.74) is 1.03. The van der Waals surface area contributed by atoms with E-state index in [1.165, 1.54) is 11.3 Å². The van der Waals surface area contributed by atoms with Crippen LogP contribution < -0.4 is 0 Å². The predicted molar refractivity (Wildman–Crippen MR) is 60.4 cm³/mol. The Morgan fingerprint density at radius 2 is 2.38 bits per heavy atom. The molecule has 16 heavy (non-hydrogen) atoms. The third-order valence-electron chi connectivity index (χ3n) is 3.00. The number of thiazole rings is 1. The lowest BCUT2D eigenvalue weighted by Gasteiger charge is -2.04. The van der Waals surface area contributed by atoms with Gasteiger partial charge in [0.1, 0.15) is 10.4 Å². The van der Waals surface area contributed by atoms with E-state index in [0.717, 1.165) is 10.6 Å². The number of carbonyl (C=O) groups is 1. The van der Waals surface area contributed by atoms with Crippen LogP contribution in [0.25, 0.3) is 10.6 Å². The quantitative estimate of drug-likeness (QED) is 0.856. The zero-order valence-electron chi connectivity index (χ0n) is 8.43. The molecule has 4 nitrogen and oxygen atoms in total. The minimum Gasteiger partial charge on any atom is -0.481 e. The minimum absolute atomic E-state index is 0.689. The molecule has 2 heterocycles. The number of carboxylic acids is 1. The minimum atomic E-state index is -0.751. The highest BCUT2D eigenvalue weighted by Gasteiger charge is 2.53. The van der Waals surface area contributed by atoms with Crippen LogP contribution in [0, 0.1) is 0 Å². The number of carboxylic acid groups (broad SMARTS) is 1. The van der Waals surface area contributed by atoms with Gasteiger partial charge in [-0.05, 0) is 18.9 Å². The maximum Gasteiger partial charge on any atom is 0.315 e. The van der Waals surface area contributed by atoms with Crippen LogP contribution in [-0.2, 0) is 10.2 Å². The molecule has 0 aliphatic heterocycles. The summed E-state index contributed by atoms with van der Waals surface area (Å²) in [7, 11) is 0. The normalized spacial score (nSPS) is 17.2. The number of rotatable bonds is 3. The van der Waals surface area contributed by atoms with Crippen molar-refractivity contribution in [2.24, 2.45) is 0 Å². The van der Waals surface area contributed by atoms with Crippen LogP contribution in [0.1, 0.15) is 18.5 Å². The number of hydrogen-bond donors (Lipinski definition) is 2. The Morgan fingerprint density at radius 1 is 1.56 bits per heavy atom. The van der Waals surface area contributed by atoms with E-state index in [2.05, 4.69) is 9.97 Å². The van der Waals surface area contributed by atoms with Gasteiger partial charge in [0.15, 0.2) is 0 Å². The standard InChI is InChI=1S/C11H10N2O2S/c14-10(15)11(2-3-11)8-6-16-9(13-8)7-1-4-12-5-7/h1,4-6,12H,2-3H2,(H,14,15). The van der Waals surface area contributed by atoms with Crippen LogP contribution >= 0.6 is 11.3 Å². The van der Waals surface area contributed by atoms with Crippen LogP contribution in [0.4, 0.5) is 0 Å². The van der Waals surface area contributed by atoms with Crippen molar-refractivity contribution in [2.75, 3.05) is 0 Å². The number of H-pyrrole nitrogens is 1.